The van der Waals surface area contributed by atoms with Crippen LogP contribution in [0.3, 0.4) is 0 Å². The van der Waals surface area contributed by atoms with E-state index < -0.39 is 29.7 Å². The van der Waals surface area contributed by atoms with Crippen molar-refractivity contribution in [1.82, 2.24) is 20.5 Å². The van der Waals surface area contributed by atoms with Crippen LogP contribution in [-0.4, -0.2) is 52.6 Å². The molecule has 0 bridgehead atoms. The zero-order valence-corrected chi connectivity index (χ0v) is 18.6. The molecule has 3 aliphatic rings. The van der Waals surface area contributed by atoms with Gasteiger partial charge in [0.05, 0.1) is 23.9 Å². The minimum atomic E-state index is -0.991. The zero-order valence-electron chi connectivity index (χ0n) is 17.8. The molecule has 5 rings (SSSR count). The van der Waals surface area contributed by atoms with E-state index in [1.807, 2.05) is 0 Å². The first-order valence-electron chi connectivity index (χ1n) is 10.8. The Hall–Kier alpha value is -3.24. The molecule has 2 aromatic rings. The Balaban J connectivity index is 0.00000259. The van der Waals surface area contributed by atoms with E-state index in [0.717, 1.165) is 36.7 Å². The number of imide groups is 2. The number of carbonyl (C=O) groups excluding carboxylic acids is 4. The number of hydrogen-bond donors (Lipinski definition) is 3. The van der Waals surface area contributed by atoms with Crippen LogP contribution in [0.1, 0.15) is 64.0 Å². The lowest BCUT2D eigenvalue weighted by Gasteiger charge is -2.27. The van der Waals surface area contributed by atoms with E-state index >= 15 is 0 Å². The predicted octanol–water partition coefficient (Wildman–Crippen LogP) is 1.58. The number of halogens is 1. The molecule has 33 heavy (non-hydrogen) atoms. The summed E-state index contributed by atoms with van der Waals surface area (Å²) >= 11 is 0. The molecule has 11 heteroatoms. The molecule has 0 spiro atoms. The third-order valence-electron chi connectivity index (χ3n) is 6.18. The van der Waals surface area contributed by atoms with Crippen LogP contribution in [-0.2, 0) is 16.1 Å². The number of amides is 4. The number of carbonyl (C=O) groups is 4. The van der Waals surface area contributed by atoms with Crippen molar-refractivity contribution in [3.63, 3.8) is 0 Å². The molecule has 174 valence electrons. The number of anilines is 1. The summed E-state index contributed by atoms with van der Waals surface area (Å²) in [6.45, 7) is 2.18. The first-order valence-corrected chi connectivity index (χ1v) is 10.8. The largest absolute Gasteiger partial charge is 0.444 e. The van der Waals surface area contributed by atoms with Gasteiger partial charge in [-0.3, -0.25) is 29.4 Å². The van der Waals surface area contributed by atoms with Gasteiger partial charge in [0.15, 0.2) is 5.89 Å². The number of hydrogen-bond acceptors (Lipinski definition) is 8. The molecule has 4 heterocycles. The molecule has 3 aliphatic heterocycles. The smallest absolute Gasteiger partial charge is 0.264 e. The SMILES string of the molecule is Cl.O=C1CCC(N2C(=O)c3cccc(NCc4cnc(C5CCNCC5)o4)c3C2=O)C(=O)N1. The summed E-state index contributed by atoms with van der Waals surface area (Å²) in [6, 6.07) is 3.97. The Labute approximate surface area is 195 Å². The van der Waals surface area contributed by atoms with Crippen LogP contribution in [0, 0.1) is 0 Å². The highest BCUT2D eigenvalue weighted by molar-refractivity contribution is 6.25. The van der Waals surface area contributed by atoms with Crippen molar-refractivity contribution in [3.8, 4) is 0 Å². The Morgan fingerprint density at radius 1 is 1.09 bits per heavy atom. The van der Waals surface area contributed by atoms with Crippen LogP contribution in [0.15, 0.2) is 28.8 Å². The minimum absolute atomic E-state index is 0. The molecule has 0 aliphatic carbocycles. The van der Waals surface area contributed by atoms with Crippen LogP contribution >= 0.6 is 12.4 Å². The average molecular weight is 474 g/mol. The fourth-order valence-corrected chi connectivity index (χ4v) is 4.51. The van der Waals surface area contributed by atoms with Gasteiger partial charge in [-0.1, -0.05) is 6.07 Å². The standard InChI is InChI=1S/C22H23N5O5.ClH/c28-17-5-4-16(19(29)26-17)27-21(30)14-2-1-3-15(18(14)22(27)31)24-10-13-11-25-20(32-13)12-6-8-23-9-7-12;/h1-3,11-12,16,23-24H,4-10H2,(H,26,28,29);1H. The van der Waals surface area contributed by atoms with Gasteiger partial charge in [-0.05, 0) is 44.5 Å². The van der Waals surface area contributed by atoms with Gasteiger partial charge in [0.1, 0.15) is 11.8 Å². The van der Waals surface area contributed by atoms with Crippen LogP contribution in [0.5, 0.6) is 0 Å². The summed E-state index contributed by atoms with van der Waals surface area (Å²) in [5.41, 5.74) is 0.938. The van der Waals surface area contributed by atoms with Gasteiger partial charge in [-0.15, -0.1) is 12.4 Å². The predicted molar refractivity (Wildman–Crippen MR) is 119 cm³/mol. The fourth-order valence-electron chi connectivity index (χ4n) is 4.51. The molecule has 0 radical (unpaired) electrons. The minimum Gasteiger partial charge on any atom is -0.444 e. The maximum Gasteiger partial charge on any atom is 0.264 e. The number of nitrogens with zero attached hydrogens (tertiary/aromatic N) is 2. The number of aromatic nitrogens is 1. The van der Waals surface area contributed by atoms with E-state index in [1.165, 1.54) is 0 Å². The number of rotatable bonds is 5. The van der Waals surface area contributed by atoms with Crippen molar-refractivity contribution < 1.29 is 23.6 Å². The molecule has 4 amide bonds. The van der Waals surface area contributed by atoms with Crippen LogP contribution in [0.25, 0.3) is 0 Å². The maximum absolute atomic E-state index is 13.1. The topological polar surface area (TPSA) is 134 Å². The summed E-state index contributed by atoms with van der Waals surface area (Å²) in [6.07, 6.45) is 3.84. The molecular formula is C22H24ClN5O5. The van der Waals surface area contributed by atoms with E-state index in [0.29, 0.717) is 23.9 Å². The van der Waals surface area contributed by atoms with Gasteiger partial charge in [0.25, 0.3) is 11.8 Å². The molecule has 3 N–H and O–H groups in total. The number of benzene rings is 1. The average Bonchev–Trinajstić information content (AvgIpc) is 3.37. The Morgan fingerprint density at radius 2 is 1.88 bits per heavy atom. The van der Waals surface area contributed by atoms with Crippen LogP contribution in [0.4, 0.5) is 5.69 Å². The second-order valence-electron chi connectivity index (χ2n) is 8.22. The number of oxazole rings is 1. The second kappa shape index (κ2) is 9.32. The molecule has 1 aromatic carbocycles. The van der Waals surface area contributed by atoms with Crippen molar-refractivity contribution in [2.45, 2.75) is 44.2 Å². The molecule has 1 atom stereocenters. The van der Waals surface area contributed by atoms with Crippen molar-refractivity contribution in [1.29, 1.82) is 0 Å². The highest BCUT2D eigenvalue weighted by atomic mass is 35.5. The fraction of sp³-hybridized carbons (Fsp3) is 0.409. The number of fused-ring (bicyclic) bond motifs is 1. The quantitative estimate of drug-likeness (QED) is 0.557. The second-order valence-corrected chi connectivity index (χ2v) is 8.22. The molecular weight excluding hydrogens is 450 g/mol. The summed E-state index contributed by atoms with van der Waals surface area (Å²) in [5.74, 6) is -0.455. The van der Waals surface area contributed by atoms with Gasteiger partial charge >= 0.3 is 0 Å². The van der Waals surface area contributed by atoms with Crippen molar-refractivity contribution >= 4 is 41.7 Å². The number of piperidine rings is 2. The van der Waals surface area contributed by atoms with Gasteiger partial charge < -0.3 is 15.1 Å². The summed E-state index contributed by atoms with van der Waals surface area (Å²) < 4.78 is 5.90. The Kier molecular flexibility index (Phi) is 6.48. The van der Waals surface area contributed by atoms with Crippen molar-refractivity contribution in [2.75, 3.05) is 18.4 Å². The summed E-state index contributed by atoms with van der Waals surface area (Å²) in [4.78, 5) is 55.1. The zero-order chi connectivity index (χ0) is 22.2. The summed E-state index contributed by atoms with van der Waals surface area (Å²) in [5, 5.41) is 8.69. The first-order chi connectivity index (χ1) is 15.5. The van der Waals surface area contributed by atoms with E-state index in [4.69, 9.17) is 4.42 Å². The van der Waals surface area contributed by atoms with Crippen LogP contribution in [0.2, 0.25) is 0 Å². The van der Waals surface area contributed by atoms with E-state index in [9.17, 15) is 19.2 Å². The van der Waals surface area contributed by atoms with E-state index in [2.05, 4.69) is 20.9 Å². The third-order valence-corrected chi connectivity index (χ3v) is 6.18. The van der Waals surface area contributed by atoms with Crippen molar-refractivity contribution in [3.05, 3.63) is 47.2 Å². The maximum atomic E-state index is 13.1. The van der Waals surface area contributed by atoms with Gasteiger partial charge in [-0.25, -0.2) is 4.98 Å². The molecule has 1 aromatic heterocycles. The molecule has 1 unspecified atom stereocenters. The lowest BCUT2D eigenvalue weighted by molar-refractivity contribution is -0.136. The highest BCUT2D eigenvalue weighted by Crippen LogP contribution is 2.33. The Bertz CT molecular complexity index is 1110. The first kappa shape index (κ1) is 22.9. The third kappa shape index (κ3) is 4.23. The number of nitrogens with one attached hydrogen (secondary N) is 3. The van der Waals surface area contributed by atoms with Gasteiger partial charge in [0, 0.05) is 18.0 Å². The van der Waals surface area contributed by atoms with E-state index in [1.54, 1.807) is 24.4 Å². The highest BCUT2D eigenvalue weighted by Gasteiger charge is 2.45. The normalized spacial score (nSPS) is 21.0. The van der Waals surface area contributed by atoms with Gasteiger partial charge in [0.2, 0.25) is 11.8 Å². The molecule has 0 saturated carbocycles. The Morgan fingerprint density at radius 3 is 2.64 bits per heavy atom. The van der Waals surface area contributed by atoms with E-state index in [-0.39, 0.29) is 36.4 Å². The monoisotopic (exact) mass is 473 g/mol. The van der Waals surface area contributed by atoms with Crippen molar-refractivity contribution in [2.24, 2.45) is 0 Å². The molecule has 10 nitrogen and oxygen atoms in total. The molecule has 2 fully saturated rings. The summed E-state index contributed by atoms with van der Waals surface area (Å²) in [7, 11) is 0. The lowest BCUT2D eigenvalue weighted by Crippen LogP contribution is -2.54. The lowest BCUT2D eigenvalue weighted by atomic mass is 9.98. The van der Waals surface area contributed by atoms with Crippen LogP contribution < -0.4 is 16.0 Å². The molecule has 2 saturated heterocycles. The van der Waals surface area contributed by atoms with Gasteiger partial charge in [-0.2, -0.15) is 0 Å².